The second kappa shape index (κ2) is 4.04. The van der Waals surface area contributed by atoms with E-state index in [2.05, 4.69) is 10.3 Å². The van der Waals surface area contributed by atoms with E-state index < -0.39 is 5.82 Å². The molecule has 0 atom stereocenters. The first-order valence-corrected chi connectivity index (χ1v) is 5.87. The Morgan fingerprint density at radius 1 is 1.41 bits per heavy atom. The van der Waals surface area contributed by atoms with Crippen LogP contribution in [0.5, 0.6) is 0 Å². The summed E-state index contributed by atoms with van der Waals surface area (Å²) in [4.78, 5) is 4.19. The van der Waals surface area contributed by atoms with E-state index in [1.807, 2.05) is 10.8 Å². The minimum atomic E-state index is -0.445. The predicted octanol–water partition coefficient (Wildman–Crippen LogP) is 3.75. The van der Waals surface area contributed by atoms with Crippen LogP contribution in [-0.2, 0) is 0 Å². The maximum Gasteiger partial charge on any atom is 0.207 e. The molecular formula is C12H11ClFN3. The van der Waals surface area contributed by atoms with E-state index in [4.69, 9.17) is 11.6 Å². The van der Waals surface area contributed by atoms with Gasteiger partial charge in [0.25, 0.3) is 0 Å². The minimum Gasteiger partial charge on any atom is -0.323 e. The molecule has 1 aliphatic carbocycles. The van der Waals surface area contributed by atoms with Crippen LogP contribution in [0, 0.1) is 5.82 Å². The highest BCUT2D eigenvalue weighted by molar-refractivity contribution is 6.31. The van der Waals surface area contributed by atoms with Crippen molar-refractivity contribution in [3.05, 3.63) is 41.4 Å². The summed E-state index contributed by atoms with van der Waals surface area (Å²) in [6.07, 6.45) is 5.93. The summed E-state index contributed by atoms with van der Waals surface area (Å²) in [5.41, 5.74) is 0.352. The van der Waals surface area contributed by atoms with Crippen LogP contribution < -0.4 is 5.32 Å². The zero-order chi connectivity index (χ0) is 11.8. The SMILES string of the molecule is Fc1c(Cl)cccc1Nc1nccn1C1CC1. The van der Waals surface area contributed by atoms with Gasteiger partial charge in [0.05, 0.1) is 10.7 Å². The molecule has 1 N–H and O–H groups in total. The topological polar surface area (TPSA) is 29.9 Å². The third kappa shape index (κ3) is 2.00. The summed E-state index contributed by atoms with van der Waals surface area (Å²) < 4.78 is 15.7. The average molecular weight is 252 g/mol. The first-order valence-electron chi connectivity index (χ1n) is 5.49. The Balaban J connectivity index is 1.91. The van der Waals surface area contributed by atoms with Crippen molar-refractivity contribution < 1.29 is 4.39 Å². The van der Waals surface area contributed by atoms with Gasteiger partial charge in [-0.1, -0.05) is 17.7 Å². The summed E-state index contributed by atoms with van der Waals surface area (Å²) in [5, 5.41) is 3.09. The molecule has 0 bridgehead atoms. The van der Waals surface area contributed by atoms with Gasteiger partial charge in [-0.2, -0.15) is 0 Å². The fraction of sp³-hybridized carbons (Fsp3) is 0.250. The van der Waals surface area contributed by atoms with Crippen LogP contribution in [0.25, 0.3) is 0 Å². The first-order chi connectivity index (χ1) is 8.25. The highest BCUT2D eigenvalue weighted by atomic mass is 35.5. The summed E-state index contributed by atoms with van der Waals surface area (Å²) in [7, 11) is 0. The number of hydrogen-bond acceptors (Lipinski definition) is 2. The van der Waals surface area contributed by atoms with Gasteiger partial charge < -0.3 is 9.88 Å². The molecule has 0 saturated heterocycles. The van der Waals surface area contributed by atoms with Crippen molar-refractivity contribution in [2.24, 2.45) is 0 Å². The van der Waals surface area contributed by atoms with Gasteiger partial charge in [0.15, 0.2) is 5.82 Å². The van der Waals surface area contributed by atoms with Gasteiger partial charge in [0.1, 0.15) is 0 Å². The lowest BCUT2D eigenvalue weighted by Crippen LogP contribution is -2.02. The van der Waals surface area contributed by atoms with E-state index in [0.717, 1.165) is 12.8 Å². The number of anilines is 2. The van der Waals surface area contributed by atoms with Crippen LogP contribution >= 0.6 is 11.6 Å². The van der Waals surface area contributed by atoms with Gasteiger partial charge in [0.2, 0.25) is 5.95 Å². The van der Waals surface area contributed by atoms with Gasteiger partial charge in [-0.05, 0) is 25.0 Å². The molecule has 0 amide bonds. The molecule has 1 aliphatic rings. The number of halogens is 2. The lowest BCUT2D eigenvalue weighted by atomic mass is 10.3. The molecule has 1 aromatic carbocycles. The second-order valence-corrected chi connectivity index (χ2v) is 4.52. The molecule has 3 nitrogen and oxygen atoms in total. The Labute approximate surface area is 103 Å². The molecule has 1 heterocycles. The Bertz CT molecular complexity index is 548. The third-order valence-electron chi connectivity index (χ3n) is 2.81. The van der Waals surface area contributed by atoms with Gasteiger partial charge in [-0.15, -0.1) is 0 Å². The first kappa shape index (κ1) is 10.6. The molecule has 2 aromatic rings. The number of nitrogens with one attached hydrogen (secondary N) is 1. The molecule has 1 fully saturated rings. The third-order valence-corrected chi connectivity index (χ3v) is 3.10. The van der Waals surface area contributed by atoms with Gasteiger partial charge in [0, 0.05) is 18.4 Å². The zero-order valence-electron chi connectivity index (χ0n) is 9.03. The maximum atomic E-state index is 13.7. The number of benzene rings is 1. The second-order valence-electron chi connectivity index (χ2n) is 4.12. The fourth-order valence-electron chi connectivity index (χ4n) is 1.78. The highest BCUT2D eigenvalue weighted by Crippen LogP contribution is 2.37. The van der Waals surface area contributed by atoms with Crippen LogP contribution in [0.1, 0.15) is 18.9 Å². The van der Waals surface area contributed by atoms with Gasteiger partial charge >= 0.3 is 0 Å². The quantitative estimate of drug-likeness (QED) is 0.900. The Kier molecular flexibility index (Phi) is 2.52. The van der Waals surface area contributed by atoms with Crippen molar-refractivity contribution in [3.63, 3.8) is 0 Å². The molecule has 0 spiro atoms. The summed E-state index contributed by atoms with van der Waals surface area (Å²) in [6, 6.07) is 5.38. The summed E-state index contributed by atoms with van der Waals surface area (Å²) >= 11 is 5.73. The molecule has 0 radical (unpaired) electrons. The van der Waals surface area contributed by atoms with E-state index in [1.54, 1.807) is 18.3 Å². The minimum absolute atomic E-state index is 0.111. The van der Waals surface area contributed by atoms with Crippen LogP contribution in [0.2, 0.25) is 5.02 Å². The smallest absolute Gasteiger partial charge is 0.207 e. The molecule has 0 aliphatic heterocycles. The lowest BCUT2D eigenvalue weighted by Gasteiger charge is -2.09. The van der Waals surface area contributed by atoms with Crippen molar-refractivity contribution in [2.45, 2.75) is 18.9 Å². The molecular weight excluding hydrogens is 241 g/mol. The van der Waals surface area contributed by atoms with E-state index in [1.165, 1.54) is 6.07 Å². The molecule has 1 aromatic heterocycles. The van der Waals surface area contributed by atoms with Gasteiger partial charge in [-0.3, -0.25) is 0 Å². The summed E-state index contributed by atoms with van der Waals surface area (Å²) in [5.74, 6) is 0.216. The van der Waals surface area contributed by atoms with Crippen molar-refractivity contribution in [1.82, 2.24) is 9.55 Å². The van der Waals surface area contributed by atoms with Crippen LogP contribution in [0.3, 0.4) is 0 Å². The fourth-order valence-corrected chi connectivity index (χ4v) is 1.95. The molecule has 88 valence electrons. The van der Waals surface area contributed by atoms with E-state index in [9.17, 15) is 4.39 Å². The molecule has 3 rings (SSSR count). The number of hydrogen-bond donors (Lipinski definition) is 1. The maximum absolute atomic E-state index is 13.7. The van der Waals surface area contributed by atoms with Crippen LogP contribution in [0.4, 0.5) is 16.0 Å². The van der Waals surface area contributed by atoms with Gasteiger partial charge in [-0.25, -0.2) is 9.37 Å². The summed E-state index contributed by atoms with van der Waals surface area (Å²) in [6.45, 7) is 0. The van der Waals surface area contributed by atoms with Crippen molar-refractivity contribution in [2.75, 3.05) is 5.32 Å². The van der Waals surface area contributed by atoms with Crippen LogP contribution in [0.15, 0.2) is 30.6 Å². The number of rotatable bonds is 3. The monoisotopic (exact) mass is 251 g/mol. The molecule has 5 heteroatoms. The number of nitrogens with zero attached hydrogens (tertiary/aromatic N) is 2. The molecule has 17 heavy (non-hydrogen) atoms. The highest BCUT2D eigenvalue weighted by Gasteiger charge is 2.25. The van der Waals surface area contributed by atoms with E-state index >= 15 is 0 Å². The average Bonchev–Trinajstić information content (AvgIpc) is 3.06. The number of aromatic nitrogens is 2. The van der Waals surface area contributed by atoms with E-state index in [-0.39, 0.29) is 5.02 Å². The Hall–Kier alpha value is -1.55. The Morgan fingerprint density at radius 3 is 3.00 bits per heavy atom. The largest absolute Gasteiger partial charge is 0.323 e. The van der Waals surface area contributed by atoms with Crippen molar-refractivity contribution in [1.29, 1.82) is 0 Å². The molecule has 0 unspecified atom stereocenters. The van der Waals surface area contributed by atoms with Crippen molar-refractivity contribution >= 4 is 23.2 Å². The van der Waals surface area contributed by atoms with Crippen molar-refractivity contribution in [3.8, 4) is 0 Å². The Morgan fingerprint density at radius 2 is 2.24 bits per heavy atom. The normalized spacial score (nSPS) is 14.9. The predicted molar refractivity (Wildman–Crippen MR) is 65.2 cm³/mol. The zero-order valence-corrected chi connectivity index (χ0v) is 9.78. The molecule has 1 saturated carbocycles. The van der Waals surface area contributed by atoms with Crippen LogP contribution in [-0.4, -0.2) is 9.55 Å². The number of imidazole rings is 1. The lowest BCUT2D eigenvalue weighted by molar-refractivity contribution is 0.631. The standard InChI is InChI=1S/C12H11ClFN3/c13-9-2-1-3-10(11(9)14)16-12-15-6-7-17(12)8-4-5-8/h1-3,6-8H,4-5H2,(H,15,16). The van der Waals surface area contributed by atoms with E-state index in [0.29, 0.717) is 17.7 Å².